The van der Waals surface area contributed by atoms with Crippen molar-refractivity contribution in [1.82, 2.24) is 4.98 Å². The first-order valence-corrected chi connectivity index (χ1v) is 11.0. The Morgan fingerprint density at radius 3 is 2.62 bits per heavy atom. The van der Waals surface area contributed by atoms with Crippen LogP contribution in [0.3, 0.4) is 0 Å². The summed E-state index contributed by atoms with van der Waals surface area (Å²) >= 11 is 2.67. The van der Waals surface area contributed by atoms with Crippen molar-refractivity contribution in [2.24, 2.45) is 5.92 Å². The first-order valence-electron chi connectivity index (χ1n) is 9.32. The SMILES string of the molecule is O=C(Nc1nc(-c2ccc3ccccc3c2)cs1)c1ccc(NC(=O)C2CC2)s1. The van der Waals surface area contributed by atoms with Crippen LogP contribution in [0, 0.1) is 5.92 Å². The van der Waals surface area contributed by atoms with Gasteiger partial charge in [0.2, 0.25) is 5.91 Å². The van der Waals surface area contributed by atoms with Crippen molar-refractivity contribution in [2.75, 3.05) is 10.6 Å². The molecule has 5 rings (SSSR count). The van der Waals surface area contributed by atoms with E-state index in [0.29, 0.717) is 15.0 Å². The number of rotatable bonds is 5. The molecule has 4 aromatic rings. The van der Waals surface area contributed by atoms with Gasteiger partial charge in [0.25, 0.3) is 5.91 Å². The molecule has 7 heteroatoms. The van der Waals surface area contributed by atoms with E-state index in [1.54, 1.807) is 12.1 Å². The predicted octanol–water partition coefficient (Wildman–Crippen LogP) is 5.63. The number of thiazole rings is 1. The third kappa shape index (κ3) is 3.92. The van der Waals surface area contributed by atoms with Crippen molar-refractivity contribution in [3.05, 3.63) is 64.9 Å². The maximum atomic E-state index is 12.5. The van der Waals surface area contributed by atoms with Gasteiger partial charge >= 0.3 is 0 Å². The molecule has 0 radical (unpaired) electrons. The van der Waals surface area contributed by atoms with Crippen LogP contribution >= 0.6 is 22.7 Å². The number of hydrogen-bond acceptors (Lipinski definition) is 5. The Morgan fingerprint density at radius 2 is 1.79 bits per heavy atom. The third-order valence-electron chi connectivity index (χ3n) is 4.79. The van der Waals surface area contributed by atoms with Crippen molar-refractivity contribution >= 4 is 55.4 Å². The van der Waals surface area contributed by atoms with Crippen LogP contribution in [-0.2, 0) is 4.79 Å². The Hall–Kier alpha value is -3.03. The molecule has 2 heterocycles. The minimum atomic E-state index is -0.221. The normalized spacial score (nSPS) is 13.4. The highest BCUT2D eigenvalue weighted by molar-refractivity contribution is 7.18. The highest BCUT2D eigenvalue weighted by atomic mass is 32.1. The lowest BCUT2D eigenvalue weighted by Crippen LogP contribution is -2.12. The van der Waals surface area contributed by atoms with Gasteiger partial charge < -0.3 is 5.32 Å². The van der Waals surface area contributed by atoms with Crippen LogP contribution in [0.2, 0.25) is 0 Å². The molecule has 1 fully saturated rings. The van der Waals surface area contributed by atoms with Crippen LogP contribution in [0.15, 0.2) is 60.0 Å². The molecule has 1 saturated carbocycles. The number of thiophene rings is 1. The second-order valence-corrected chi connectivity index (χ2v) is 8.92. The maximum Gasteiger partial charge on any atom is 0.267 e. The summed E-state index contributed by atoms with van der Waals surface area (Å²) in [4.78, 5) is 29.5. The Labute approximate surface area is 175 Å². The number of carbonyl (C=O) groups is 2. The van der Waals surface area contributed by atoms with E-state index in [2.05, 4.69) is 39.9 Å². The molecule has 144 valence electrons. The fourth-order valence-corrected chi connectivity index (χ4v) is 4.59. The molecule has 2 aromatic heterocycles. The van der Waals surface area contributed by atoms with Gasteiger partial charge in [-0.2, -0.15) is 0 Å². The second kappa shape index (κ2) is 7.42. The molecule has 2 aromatic carbocycles. The number of nitrogens with zero attached hydrogens (tertiary/aromatic N) is 1. The summed E-state index contributed by atoms with van der Waals surface area (Å²) in [6, 6.07) is 17.9. The van der Waals surface area contributed by atoms with Crippen LogP contribution in [-0.4, -0.2) is 16.8 Å². The molecule has 2 amide bonds. The van der Waals surface area contributed by atoms with Gasteiger partial charge in [0, 0.05) is 16.9 Å². The number of carbonyl (C=O) groups excluding carboxylic acids is 2. The van der Waals surface area contributed by atoms with E-state index in [4.69, 9.17) is 0 Å². The van der Waals surface area contributed by atoms with Crippen LogP contribution in [0.1, 0.15) is 22.5 Å². The van der Waals surface area contributed by atoms with Crippen LogP contribution in [0.25, 0.3) is 22.0 Å². The molecule has 0 atom stereocenters. The highest BCUT2D eigenvalue weighted by Gasteiger charge is 2.29. The molecule has 5 nitrogen and oxygen atoms in total. The number of fused-ring (bicyclic) bond motifs is 1. The average Bonchev–Trinajstić information content (AvgIpc) is 3.32. The molecular formula is C22H17N3O2S2. The Balaban J connectivity index is 1.28. The number of nitrogens with one attached hydrogen (secondary N) is 2. The highest BCUT2D eigenvalue weighted by Crippen LogP contribution is 2.32. The van der Waals surface area contributed by atoms with Gasteiger partial charge in [-0.05, 0) is 41.8 Å². The number of benzene rings is 2. The largest absolute Gasteiger partial charge is 0.317 e. The lowest BCUT2D eigenvalue weighted by Gasteiger charge is -2.01. The van der Waals surface area contributed by atoms with Gasteiger partial charge in [0.1, 0.15) is 0 Å². The summed E-state index contributed by atoms with van der Waals surface area (Å²) in [6.45, 7) is 0. The van der Waals surface area contributed by atoms with Gasteiger partial charge in [-0.25, -0.2) is 4.98 Å². The van der Waals surface area contributed by atoms with E-state index in [1.165, 1.54) is 28.1 Å². The Bertz CT molecular complexity index is 1220. The predicted molar refractivity (Wildman–Crippen MR) is 119 cm³/mol. The van der Waals surface area contributed by atoms with Crippen LogP contribution in [0.5, 0.6) is 0 Å². The molecule has 29 heavy (non-hydrogen) atoms. The summed E-state index contributed by atoms with van der Waals surface area (Å²) in [7, 11) is 0. The van der Waals surface area contributed by atoms with Gasteiger partial charge in [-0.1, -0.05) is 36.4 Å². The van der Waals surface area contributed by atoms with Crippen molar-refractivity contribution in [1.29, 1.82) is 0 Å². The lowest BCUT2D eigenvalue weighted by atomic mass is 10.1. The van der Waals surface area contributed by atoms with Gasteiger partial charge in [0.15, 0.2) is 5.13 Å². The van der Waals surface area contributed by atoms with E-state index >= 15 is 0 Å². The molecule has 2 N–H and O–H groups in total. The molecule has 0 unspecified atom stereocenters. The van der Waals surface area contributed by atoms with Crippen LogP contribution < -0.4 is 10.6 Å². The molecule has 0 aliphatic heterocycles. The van der Waals surface area contributed by atoms with Crippen molar-refractivity contribution in [2.45, 2.75) is 12.8 Å². The molecular weight excluding hydrogens is 402 g/mol. The Kier molecular flexibility index (Phi) is 4.61. The summed E-state index contributed by atoms with van der Waals surface area (Å²) in [5.41, 5.74) is 1.85. The summed E-state index contributed by atoms with van der Waals surface area (Å²) in [6.07, 6.45) is 1.91. The van der Waals surface area contributed by atoms with E-state index in [1.807, 2.05) is 23.6 Å². The smallest absolute Gasteiger partial charge is 0.267 e. The minimum absolute atomic E-state index is 0.0405. The zero-order valence-electron chi connectivity index (χ0n) is 15.3. The third-order valence-corrected chi connectivity index (χ3v) is 6.55. The zero-order valence-corrected chi connectivity index (χ0v) is 17.0. The quantitative estimate of drug-likeness (QED) is 0.441. The number of aromatic nitrogens is 1. The van der Waals surface area contributed by atoms with Gasteiger partial charge in [0.05, 0.1) is 15.6 Å². The van der Waals surface area contributed by atoms with Crippen LogP contribution in [0.4, 0.5) is 10.1 Å². The monoisotopic (exact) mass is 419 g/mol. The van der Waals surface area contributed by atoms with E-state index < -0.39 is 0 Å². The summed E-state index contributed by atoms with van der Waals surface area (Å²) in [5, 5.41) is 11.2. The molecule has 0 bridgehead atoms. The minimum Gasteiger partial charge on any atom is -0.317 e. The second-order valence-electron chi connectivity index (χ2n) is 6.98. The maximum absolute atomic E-state index is 12.5. The van der Waals surface area contributed by atoms with Crippen molar-refractivity contribution in [3.8, 4) is 11.3 Å². The van der Waals surface area contributed by atoms with Gasteiger partial charge in [-0.15, -0.1) is 22.7 Å². The molecule has 1 aliphatic carbocycles. The van der Waals surface area contributed by atoms with Crippen molar-refractivity contribution < 1.29 is 9.59 Å². The number of hydrogen-bond donors (Lipinski definition) is 2. The van der Waals surface area contributed by atoms with E-state index in [-0.39, 0.29) is 17.7 Å². The average molecular weight is 420 g/mol. The van der Waals surface area contributed by atoms with Gasteiger partial charge in [-0.3, -0.25) is 14.9 Å². The first-order chi connectivity index (χ1) is 14.2. The number of anilines is 2. The topological polar surface area (TPSA) is 71.1 Å². The standard InChI is InChI=1S/C22H17N3O2S2/c26-20(14-6-7-14)24-19-10-9-18(29-19)21(27)25-22-23-17(12-28-22)16-8-5-13-3-1-2-4-15(13)11-16/h1-5,8-12,14H,6-7H2,(H,24,26)(H,23,25,27). The molecule has 0 spiro atoms. The lowest BCUT2D eigenvalue weighted by molar-refractivity contribution is -0.117. The first kappa shape index (κ1) is 18.0. The number of amides is 2. The molecule has 0 saturated heterocycles. The zero-order chi connectivity index (χ0) is 19.8. The summed E-state index contributed by atoms with van der Waals surface area (Å²) in [5.74, 6) is -0.0432. The van der Waals surface area contributed by atoms with E-state index in [9.17, 15) is 9.59 Å². The fraction of sp³-hybridized carbons (Fsp3) is 0.136. The fourth-order valence-electron chi connectivity index (χ4n) is 3.07. The Morgan fingerprint density at radius 1 is 0.966 bits per heavy atom. The van der Waals surface area contributed by atoms with E-state index in [0.717, 1.165) is 29.5 Å². The van der Waals surface area contributed by atoms with Crippen molar-refractivity contribution in [3.63, 3.8) is 0 Å². The summed E-state index contributed by atoms with van der Waals surface area (Å²) < 4.78 is 0. The molecule has 1 aliphatic rings.